The summed E-state index contributed by atoms with van der Waals surface area (Å²) < 4.78 is 5.14. The van der Waals surface area contributed by atoms with Gasteiger partial charge in [-0.1, -0.05) is 18.2 Å². The van der Waals surface area contributed by atoms with Crippen molar-refractivity contribution in [3.8, 4) is 0 Å². The molecule has 1 aromatic rings. The molecule has 1 aliphatic heterocycles. The van der Waals surface area contributed by atoms with Gasteiger partial charge >= 0.3 is 0 Å². The van der Waals surface area contributed by atoms with Crippen LogP contribution in [-0.2, 0) is 9.53 Å². The first-order valence-electron chi connectivity index (χ1n) is 4.49. The minimum absolute atomic E-state index is 0.0931. The maximum atomic E-state index is 11.1. The molecule has 1 amide bonds. The number of nitrogens with two attached hydrogens (primary N) is 1. The van der Waals surface area contributed by atoms with Gasteiger partial charge in [0.2, 0.25) is 5.91 Å². The van der Waals surface area contributed by atoms with E-state index in [1.165, 1.54) is 0 Å². The Bertz CT molecular complexity index is 352. The van der Waals surface area contributed by atoms with Gasteiger partial charge in [-0.05, 0) is 11.6 Å². The molecule has 2 rings (SSSR count). The second kappa shape index (κ2) is 3.67. The SMILES string of the molecule is Nc1ccccc1C1COCC(=O)N1. The first-order chi connectivity index (χ1) is 6.77. The van der Waals surface area contributed by atoms with Gasteiger partial charge in [0, 0.05) is 5.69 Å². The number of para-hydroxylation sites is 1. The van der Waals surface area contributed by atoms with Gasteiger partial charge in [-0.15, -0.1) is 0 Å². The molecule has 74 valence electrons. The van der Waals surface area contributed by atoms with Crippen molar-refractivity contribution >= 4 is 11.6 Å². The average molecular weight is 192 g/mol. The molecule has 1 atom stereocenters. The fourth-order valence-electron chi connectivity index (χ4n) is 1.54. The summed E-state index contributed by atoms with van der Waals surface area (Å²) in [7, 11) is 0. The predicted octanol–water partition coefficient (Wildman–Crippen LogP) is 0.456. The van der Waals surface area contributed by atoms with E-state index in [2.05, 4.69) is 5.32 Å². The number of hydrogen-bond donors (Lipinski definition) is 2. The molecule has 1 aromatic carbocycles. The standard InChI is InChI=1S/C10H12N2O2/c11-8-4-2-1-3-7(8)9-5-14-6-10(13)12-9/h1-4,9H,5-6,11H2,(H,12,13). The Labute approximate surface area is 82.1 Å². The Morgan fingerprint density at radius 3 is 2.93 bits per heavy atom. The van der Waals surface area contributed by atoms with Crippen LogP contribution in [0.25, 0.3) is 0 Å². The second-order valence-corrected chi connectivity index (χ2v) is 3.26. The third-order valence-electron chi connectivity index (χ3n) is 2.22. The summed E-state index contributed by atoms with van der Waals surface area (Å²) in [5.41, 5.74) is 7.39. The van der Waals surface area contributed by atoms with Gasteiger partial charge in [-0.2, -0.15) is 0 Å². The van der Waals surface area contributed by atoms with Crippen molar-refractivity contribution in [2.45, 2.75) is 6.04 Å². The highest BCUT2D eigenvalue weighted by Gasteiger charge is 2.21. The number of nitrogens with one attached hydrogen (secondary N) is 1. The van der Waals surface area contributed by atoms with Gasteiger partial charge in [0.05, 0.1) is 12.6 Å². The predicted molar refractivity (Wildman–Crippen MR) is 52.6 cm³/mol. The van der Waals surface area contributed by atoms with Crippen LogP contribution >= 0.6 is 0 Å². The Morgan fingerprint density at radius 1 is 1.43 bits per heavy atom. The Balaban J connectivity index is 2.22. The molecule has 4 nitrogen and oxygen atoms in total. The number of benzene rings is 1. The fraction of sp³-hybridized carbons (Fsp3) is 0.300. The lowest BCUT2D eigenvalue weighted by Crippen LogP contribution is -2.39. The van der Waals surface area contributed by atoms with Crippen LogP contribution in [0.4, 0.5) is 5.69 Å². The van der Waals surface area contributed by atoms with Crippen LogP contribution in [0.15, 0.2) is 24.3 Å². The maximum Gasteiger partial charge on any atom is 0.246 e. The summed E-state index contributed by atoms with van der Waals surface area (Å²) in [6.07, 6.45) is 0. The lowest BCUT2D eigenvalue weighted by Gasteiger charge is -2.24. The number of hydrogen-bond acceptors (Lipinski definition) is 3. The molecule has 0 spiro atoms. The van der Waals surface area contributed by atoms with Gasteiger partial charge in [0.1, 0.15) is 6.61 Å². The van der Waals surface area contributed by atoms with Crippen molar-refractivity contribution in [2.24, 2.45) is 0 Å². The molecule has 1 saturated heterocycles. The minimum Gasteiger partial charge on any atom is -0.398 e. The normalized spacial score (nSPS) is 21.7. The van der Waals surface area contributed by atoms with Crippen molar-refractivity contribution in [3.63, 3.8) is 0 Å². The minimum atomic E-state index is -0.113. The second-order valence-electron chi connectivity index (χ2n) is 3.26. The smallest absolute Gasteiger partial charge is 0.246 e. The van der Waals surface area contributed by atoms with Gasteiger partial charge < -0.3 is 15.8 Å². The van der Waals surface area contributed by atoms with Crippen LogP contribution in [-0.4, -0.2) is 19.1 Å². The quantitative estimate of drug-likeness (QED) is 0.635. The monoisotopic (exact) mass is 192 g/mol. The molecule has 1 unspecified atom stereocenters. The molecule has 14 heavy (non-hydrogen) atoms. The van der Waals surface area contributed by atoms with Gasteiger partial charge in [-0.3, -0.25) is 4.79 Å². The molecule has 0 bridgehead atoms. The summed E-state index contributed by atoms with van der Waals surface area (Å²) in [5.74, 6) is -0.0931. The number of carbonyl (C=O) groups is 1. The molecule has 1 aliphatic rings. The Hall–Kier alpha value is -1.55. The van der Waals surface area contributed by atoms with E-state index in [4.69, 9.17) is 10.5 Å². The Morgan fingerprint density at radius 2 is 2.21 bits per heavy atom. The molecule has 1 fully saturated rings. The van der Waals surface area contributed by atoms with Crippen molar-refractivity contribution in [2.75, 3.05) is 18.9 Å². The van der Waals surface area contributed by atoms with E-state index in [1.54, 1.807) is 0 Å². The summed E-state index contributed by atoms with van der Waals surface area (Å²) in [4.78, 5) is 11.1. The number of nitrogen functional groups attached to an aromatic ring is 1. The summed E-state index contributed by atoms with van der Waals surface area (Å²) in [5, 5.41) is 2.83. The van der Waals surface area contributed by atoms with Crippen molar-refractivity contribution in [3.05, 3.63) is 29.8 Å². The number of carbonyl (C=O) groups excluding carboxylic acids is 1. The van der Waals surface area contributed by atoms with E-state index < -0.39 is 0 Å². The molecule has 4 heteroatoms. The van der Waals surface area contributed by atoms with Crippen LogP contribution in [0, 0.1) is 0 Å². The average Bonchev–Trinajstić information content (AvgIpc) is 2.18. The topological polar surface area (TPSA) is 64.3 Å². The molecule has 0 radical (unpaired) electrons. The number of rotatable bonds is 1. The highest BCUT2D eigenvalue weighted by molar-refractivity contribution is 5.78. The number of morpholine rings is 1. The van der Waals surface area contributed by atoms with E-state index in [9.17, 15) is 4.79 Å². The molecule has 0 aliphatic carbocycles. The third kappa shape index (κ3) is 1.70. The largest absolute Gasteiger partial charge is 0.398 e. The van der Waals surface area contributed by atoms with E-state index in [0.717, 1.165) is 5.56 Å². The zero-order valence-corrected chi connectivity index (χ0v) is 7.69. The van der Waals surface area contributed by atoms with Crippen LogP contribution in [0.3, 0.4) is 0 Å². The van der Waals surface area contributed by atoms with Crippen LogP contribution < -0.4 is 11.1 Å². The van der Waals surface area contributed by atoms with E-state index in [1.807, 2.05) is 24.3 Å². The van der Waals surface area contributed by atoms with E-state index >= 15 is 0 Å². The van der Waals surface area contributed by atoms with Crippen LogP contribution in [0.1, 0.15) is 11.6 Å². The molecule has 0 saturated carbocycles. The van der Waals surface area contributed by atoms with Gasteiger partial charge in [0.15, 0.2) is 0 Å². The first-order valence-corrected chi connectivity index (χ1v) is 4.49. The molecular weight excluding hydrogens is 180 g/mol. The summed E-state index contributed by atoms with van der Waals surface area (Å²) in [6, 6.07) is 7.36. The lowest BCUT2D eigenvalue weighted by atomic mass is 10.0. The highest BCUT2D eigenvalue weighted by atomic mass is 16.5. The van der Waals surface area contributed by atoms with Gasteiger partial charge in [-0.25, -0.2) is 0 Å². The molecule has 3 N–H and O–H groups in total. The zero-order valence-electron chi connectivity index (χ0n) is 7.69. The fourth-order valence-corrected chi connectivity index (χ4v) is 1.54. The maximum absolute atomic E-state index is 11.1. The highest BCUT2D eigenvalue weighted by Crippen LogP contribution is 2.21. The van der Waals surface area contributed by atoms with Crippen molar-refractivity contribution in [1.29, 1.82) is 0 Å². The molecular formula is C10H12N2O2. The van der Waals surface area contributed by atoms with E-state index in [0.29, 0.717) is 12.3 Å². The summed E-state index contributed by atoms with van der Waals surface area (Å²) in [6.45, 7) is 0.628. The van der Waals surface area contributed by atoms with Crippen molar-refractivity contribution in [1.82, 2.24) is 5.32 Å². The molecule has 1 heterocycles. The Kier molecular flexibility index (Phi) is 2.37. The van der Waals surface area contributed by atoms with E-state index in [-0.39, 0.29) is 18.6 Å². The third-order valence-corrected chi connectivity index (χ3v) is 2.22. The first kappa shape index (κ1) is 9.02. The zero-order chi connectivity index (χ0) is 9.97. The number of ether oxygens (including phenoxy) is 1. The van der Waals surface area contributed by atoms with Crippen molar-refractivity contribution < 1.29 is 9.53 Å². The van der Waals surface area contributed by atoms with Gasteiger partial charge in [0.25, 0.3) is 0 Å². The summed E-state index contributed by atoms with van der Waals surface area (Å²) >= 11 is 0. The number of anilines is 1. The number of amides is 1. The molecule has 0 aromatic heterocycles. The van der Waals surface area contributed by atoms with Crippen LogP contribution in [0.5, 0.6) is 0 Å². The van der Waals surface area contributed by atoms with Crippen LogP contribution in [0.2, 0.25) is 0 Å². The lowest BCUT2D eigenvalue weighted by molar-refractivity contribution is -0.131.